The van der Waals surface area contributed by atoms with Crippen molar-refractivity contribution in [3.63, 3.8) is 0 Å². The number of hydrogen-bond acceptors (Lipinski definition) is 8. The van der Waals surface area contributed by atoms with Crippen molar-refractivity contribution < 1.29 is 38.3 Å². The van der Waals surface area contributed by atoms with E-state index in [-0.39, 0.29) is 25.5 Å². The summed E-state index contributed by atoms with van der Waals surface area (Å²) >= 11 is 0. The van der Waals surface area contributed by atoms with Crippen LogP contribution < -0.4 is 27.0 Å². The molecule has 2 rings (SSSR count). The highest BCUT2D eigenvalue weighted by Crippen LogP contribution is 2.18. The van der Waals surface area contributed by atoms with Crippen molar-refractivity contribution in [3.05, 3.63) is 42.0 Å². The number of carbonyl (C=O) groups is 7. The SMILES string of the molecule is CC(C)[C@H](NC(=O)CN1C(=O)C=CC1=O)C(=O)N[C@@H](CCCNC(N)=O)C(=O)Nc1ccc(COC(=O)C(C)(C)C)cc1. The van der Waals surface area contributed by atoms with Crippen LogP contribution in [0.1, 0.15) is 53.0 Å². The molecule has 0 fully saturated rings. The molecule has 0 unspecified atom stereocenters. The van der Waals surface area contributed by atoms with Gasteiger partial charge < -0.3 is 31.7 Å². The number of nitrogens with one attached hydrogen (secondary N) is 4. The van der Waals surface area contributed by atoms with Crippen molar-refractivity contribution in [3.8, 4) is 0 Å². The number of anilines is 1. The number of nitrogens with zero attached hydrogens (tertiary/aromatic N) is 1. The number of esters is 1. The van der Waals surface area contributed by atoms with Crippen LogP contribution in [0.2, 0.25) is 0 Å². The second-order valence-corrected chi connectivity index (χ2v) is 11.4. The first-order chi connectivity index (χ1) is 20.1. The van der Waals surface area contributed by atoms with Crippen molar-refractivity contribution >= 4 is 47.2 Å². The number of benzene rings is 1. The monoisotopic (exact) mass is 600 g/mol. The zero-order valence-corrected chi connectivity index (χ0v) is 25.0. The van der Waals surface area contributed by atoms with Crippen LogP contribution in [0.25, 0.3) is 0 Å². The van der Waals surface area contributed by atoms with Crippen molar-refractivity contribution in [2.45, 2.75) is 66.2 Å². The number of carbonyl (C=O) groups excluding carboxylic acids is 7. The van der Waals surface area contributed by atoms with Gasteiger partial charge in [0.2, 0.25) is 17.7 Å². The normalized spacial score (nSPS) is 14.2. The highest BCUT2D eigenvalue weighted by Gasteiger charge is 2.31. The topological polar surface area (TPSA) is 206 Å². The molecular weight excluding hydrogens is 560 g/mol. The van der Waals surface area contributed by atoms with E-state index in [1.54, 1.807) is 58.9 Å². The average molecular weight is 601 g/mol. The van der Waals surface area contributed by atoms with Gasteiger partial charge in [-0.05, 0) is 57.2 Å². The van der Waals surface area contributed by atoms with Gasteiger partial charge in [-0.2, -0.15) is 0 Å². The summed E-state index contributed by atoms with van der Waals surface area (Å²) in [5.74, 6) is -3.95. The summed E-state index contributed by atoms with van der Waals surface area (Å²) in [5.41, 5.74) is 5.60. The Morgan fingerprint density at radius 1 is 0.930 bits per heavy atom. The Morgan fingerprint density at radius 3 is 2.07 bits per heavy atom. The summed E-state index contributed by atoms with van der Waals surface area (Å²) in [7, 11) is 0. The van der Waals surface area contributed by atoms with Crippen LogP contribution in [0.3, 0.4) is 0 Å². The summed E-state index contributed by atoms with van der Waals surface area (Å²) in [6.07, 6.45) is 2.52. The quantitative estimate of drug-likeness (QED) is 0.116. The molecular formula is C29H40N6O8. The summed E-state index contributed by atoms with van der Waals surface area (Å²) in [6, 6.07) is 3.75. The maximum absolute atomic E-state index is 13.2. The zero-order chi connectivity index (χ0) is 32.3. The summed E-state index contributed by atoms with van der Waals surface area (Å²) in [4.78, 5) is 86.4. The maximum atomic E-state index is 13.2. The van der Waals surface area contributed by atoms with Crippen LogP contribution in [-0.4, -0.2) is 71.6 Å². The average Bonchev–Trinajstić information content (AvgIpc) is 3.23. The van der Waals surface area contributed by atoms with Gasteiger partial charge in [0, 0.05) is 24.4 Å². The molecule has 0 aromatic heterocycles. The standard InChI is InChI=1S/C29H40N6O8/c1-17(2)24(34-21(36)15-35-22(37)12-13-23(35)38)26(40)33-20(7-6-14-31-28(30)42)25(39)32-19-10-8-18(9-11-19)16-43-27(41)29(3,4)5/h8-13,17,20,24H,6-7,14-16H2,1-5H3,(H,32,39)(H,33,40)(H,34,36)(H3,30,31,42)/t20-,24-/m0/s1. The highest BCUT2D eigenvalue weighted by molar-refractivity contribution is 6.14. The first-order valence-electron chi connectivity index (χ1n) is 13.8. The van der Waals surface area contributed by atoms with E-state index in [2.05, 4.69) is 21.3 Å². The third-order valence-corrected chi connectivity index (χ3v) is 6.27. The van der Waals surface area contributed by atoms with E-state index in [1.165, 1.54) is 0 Å². The van der Waals surface area contributed by atoms with Crippen LogP contribution in [0.15, 0.2) is 36.4 Å². The first kappa shape index (κ1) is 34.5. The molecule has 1 heterocycles. The van der Waals surface area contributed by atoms with Crippen LogP contribution in [0.4, 0.5) is 10.5 Å². The molecule has 0 saturated carbocycles. The van der Waals surface area contributed by atoms with E-state index in [9.17, 15) is 33.6 Å². The second kappa shape index (κ2) is 15.5. The van der Waals surface area contributed by atoms with Crippen LogP contribution >= 0.6 is 0 Å². The summed E-state index contributed by atoms with van der Waals surface area (Å²) in [5, 5.41) is 10.3. The van der Waals surface area contributed by atoms with Gasteiger partial charge >= 0.3 is 12.0 Å². The molecule has 234 valence electrons. The maximum Gasteiger partial charge on any atom is 0.312 e. The molecule has 1 aliphatic heterocycles. The van der Waals surface area contributed by atoms with Crippen molar-refractivity contribution in [1.82, 2.24) is 20.9 Å². The zero-order valence-electron chi connectivity index (χ0n) is 25.0. The van der Waals surface area contributed by atoms with E-state index in [0.29, 0.717) is 17.7 Å². The Labute approximate surface area is 250 Å². The Morgan fingerprint density at radius 2 is 1.53 bits per heavy atom. The molecule has 7 amide bonds. The molecule has 14 nitrogen and oxygen atoms in total. The van der Waals surface area contributed by atoms with Crippen LogP contribution in [0.5, 0.6) is 0 Å². The highest BCUT2D eigenvalue weighted by atomic mass is 16.5. The number of primary amides is 1. The lowest BCUT2D eigenvalue weighted by Crippen LogP contribution is -2.56. The summed E-state index contributed by atoms with van der Waals surface area (Å²) in [6.45, 7) is 8.29. The lowest BCUT2D eigenvalue weighted by Gasteiger charge is -2.26. The second-order valence-electron chi connectivity index (χ2n) is 11.4. The lowest BCUT2D eigenvalue weighted by atomic mass is 9.97. The number of hydrogen-bond donors (Lipinski definition) is 5. The molecule has 0 saturated heterocycles. The number of urea groups is 1. The molecule has 14 heteroatoms. The molecule has 1 aromatic rings. The summed E-state index contributed by atoms with van der Waals surface area (Å²) < 4.78 is 5.30. The molecule has 1 aromatic carbocycles. The largest absolute Gasteiger partial charge is 0.460 e. The Kier molecular flexibility index (Phi) is 12.4. The Bertz CT molecular complexity index is 1230. The number of ether oxygens (including phenoxy) is 1. The van der Waals surface area contributed by atoms with Gasteiger partial charge in [0.05, 0.1) is 5.41 Å². The minimum atomic E-state index is -1.08. The van der Waals surface area contributed by atoms with Gasteiger partial charge in [0.25, 0.3) is 11.8 Å². The van der Waals surface area contributed by atoms with Crippen molar-refractivity contribution in [2.75, 3.05) is 18.4 Å². The van der Waals surface area contributed by atoms with Gasteiger partial charge in [-0.1, -0.05) is 26.0 Å². The van der Waals surface area contributed by atoms with E-state index in [1.807, 2.05) is 0 Å². The van der Waals surface area contributed by atoms with Gasteiger partial charge in [-0.15, -0.1) is 0 Å². The molecule has 6 N–H and O–H groups in total. The van der Waals surface area contributed by atoms with Gasteiger partial charge in [-0.3, -0.25) is 33.7 Å². The fraction of sp³-hybridized carbons (Fsp3) is 0.483. The first-order valence-corrected chi connectivity index (χ1v) is 13.8. The van der Waals surface area contributed by atoms with Crippen LogP contribution in [-0.2, 0) is 40.1 Å². The molecule has 0 spiro atoms. The van der Waals surface area contributed by atoms with E-state index in [0.717, 1.165) is 17.1 Å². The van der Waals surface area contributed by atoms with E-state index in [4.69, 9.17) is 10.5 Å². The molecule has 2 atom stereocenters. The smallest absolute Gasteiger partial charge is 0.312 e. The van der Waals surface area contributed by atoms with Crippen molar-refractivity contribution in [1.29, 1.82) is 0 Å². The molecule has 0 aliphatic carbocycles. The van der Waals surface area contributed by atoms with E-state index >= 15 is 0 Å². The van der Waals surface area contributed by atoms with Crippen LogP contribution in [0, 0.1) is 11.3 Å². The molecule has 0 radical (unpaired) electrons. The third-order valence-electron chi connectivity index (χ3n) is 6.27. The third kappa shape index (κ3) is 11.2. The lowest BCUT2D eigenvalue weighted by molar-refractivity contribution is -0.154. The molecule has 43 heavy (non-hydrogen) atoms. The molecule has 1 aliphatic rings. The van der Waals surface area contributed by atoms with E-state index < -0.39 is 65.5 Å². The van der Waals surface area contributed by atoms with Gasteiger partial charge in [0.15, 0.2) is 0 Å². The van der Waals surface area contributed by atoms with Gasteiger partial charge in [-0.25, -0.2) is 4.79 Å². The number of nitrogens with two attached hydrogens (primary N) is 1. The fourth-order valence-corrected chi connectivity index (χ4v) is 3.81. The Hall–Kier alpha value is -4.75. The number of amides is 7. The van der Waals surface area contributed by atoms with Crippen molar-refractivity contribution in [2.24, 2.45) is 17.1 Å². The predicted molar refractivity (Wildman–Crippen MR) is 156 cm³/mol. The van der Waals surface area contributed by atoms with Gasteiger partial charge in [0.1, 0.15) is 25.2 Å². The fourth-order valence-electron chi connectivity index (χ4n) is 3.81. The predicted octanol–water partition coefficient (Wildman–Crippen LogP) is 0.714. The Balaban J connectivity index is 2.07. The number of imide groups is 1. The minimum absolute atomic E-state index is 0.0643. The number of rotatable bonds is 14. The molecule has 0 bridgehead atoms. The minimum Gasteiger partial charge on any atom is -0.460 e.